The lowest BCUT2D eigenvalue weighted by atomic mass is 10.2. The number of anilines is 1. The summed E-state index contributed by atoms with van der Waals surface area (Å²) in [6, 6.07) is 7.00. The van der Waals surface area contributed by atoms with Crippen molar-refractivity contribution >= 4 is 11.6 Å². The van der Waals surface area contributed by atoms with E-state index in [4.69, 9.17) is 9.47 Å². The molecule has 8 heteroatoms. The molecule has 1 aromatic carbocycles. The number of carbonyl (C=O) groups excluding carboxylic acids is 1. The van der Waals surface area contributed by atoms with Crippen LogP contribution in [0, 0.1) is 0 Å². The van der Waals surface area contributed by atoms with E-state index in [1.807, 2.05) is 19.0 Å². The van der Waals surface area contributed by atoms with Crippen LogP contribution < -0.4 is 4.90 Å². The number of carbonyl (C=O) groups is 1. The number of hydrogen-bond donors (Lipinski definition) is 0. The van der Waals surface area contributed by atoms with Gasteiger partial charge in [-0.2, -0.15) is 13.2 Å². The molecule has 0 fully saturated rings. The van der Waals surface area contributed by atoms with Gasteiger partial charge >= 0.3 is 6.18 Å². The first-order valence-electron chi connectivity index (χ1n) is 7.40. The van der Waals surface area contributed by atoms with Gasteiger partial charge in [0.1, 0.15) is 13.2 Å². The number of hydrogen-bond acceptors (Lipinski definition) is 4. The number of benzene rings is 1. The second kappa shape index (κ2) is 9.48. The van der Waals surface area contributed by atoms with Gasteiger partial charge in [0.05, 0.1) is 13.2 Å². The lowest BCUT2D eigenvalue weighted by Gasteiger charge is -2.24. The summed E-state index contributed by atoms with van der Waals surface area (Å²) in [6.07, 6.45) is -4.47. The van der Waals surface area contributed by atoms with Gasteiger partial charge in [-0.25, -0.2) is 0 Å². The molecule has 24 heavy (non-hydrogen) atoms. The molecule has 0 unspecified atom stereocenters. The van der Waals surface area contributed by atoms with E-state index in [-0.39, 0.29) is 19.8 Å². The number of alkyl halides is 3. The van der Waals surface area contributed by atoms with Gasteiger partial charge in [-0.15, -0.1) is 0 Å². The molecule has 0 atom stereocenters. The van der Waals surface area contributed by atoms with E-state index in [2.05, 4.69) is 0 Å². The zero-order valence-corrected chi connectivity index (χ0v) is 14.1. The smallest absolute Gasteiger partial charge is 0.382 e. The molecule has 0 aromatic heterocycles. The normalized spacial score (nSPS) is 11.4. The van der Waals surface area contributed by atoms with Gasteiger partial charge in [0.2, 0.25) is 5.91 Å². The molecule has 5 nitrogen and oxygen atoms in total. The van der Waals surface area contributed by atoms with Crippen molar-refractivity contribution in [3.8, 4) is 0 Å². The Hall–Kier alpha value is -1.80. The molecule has 0 radical (unpaired) electrons. The molecule has 0 bridgehead atoms. The molecule has 0 aliphatic heterocycles. The highest BCUT2D eigenvalue weighted by atomic mass is 19.4. The Bertz CT molecular complexity index is 504. The molecule has 0 heterocycles. The van der Waals surface area contributed by atoms with Gasteiger partial charge in [0, 0.05) is 33.4 Å². The minimum Gasteiger partial charge on any atom is -0.382 e. The molecule has 0 aliphatic rings. The standard InChI is InChI=1S/C16H23F3N2O3/c1-20(2)14-6-4-13(5-7-14)10-21(12-16(17,18)19)15(22)11-24-9-8-23-3/h4-7H,8-12H2,1-3H3. The summed E-state index contributed by atoms with van der Waals surface area (Å²) in [5.41, 5.74) is 1.55. The maximum Gasteiger partial charge on any atom is 0.406 e. The number of halogens is 3. The zero-order valence-electron chi connectivity index (χ0n) is 14.1. The molecule has 0 saturated heterocycles. The van der Waals surface area contributed by atoms with Gasteiger partial charge in [0.15, 0.2) is 0 Å². The lowest BCUT2D eigenvalue weighted by molar-refractivity contribution is -0.165. The molecular formula is C16H23F3N2O3. The van der Waals surface area contributed by atoms with Crippen LogP contribution in [0.1, 0.15) is 5.56 Å². The fourth-order valence-corrected chi connectivity index (χ4v) is 1.96. The van der Waals surface area contributed by atoms with Crippen molar-refractivity contribution in [1.82, 2.24) is 4.90 Å². The van der Waals surface area contributed by atoms with Crippen LogP contribution in [0.5, 0.6) is 0 Å². The van der Waals surface area contributed by atoms with E-state index < -0.39 is 25.2 Å². The molecule has 0 aliphatic carbocycles. The van der Waals surface area contributed by atoms with Crippen molar-refractivity contribution in [3.63, 3.8) is 0 Å². The monoisotopic (exact) mass is 348 g/mol. The van der Waals surface area contributed by atoms with Gasteiger partial charge < -0.3 is 19.3 Å². The van der Waals surface area contributed by atoms with Crippen molar-refractivity contribution in [2.24, 2.45) is 0 Å². The predicted molar refractivity (Wildman–Crippen MR) is 84.9 cm³/mol. The topological polar surface area (TPSA) is 42.0 Å². The van der Waals surface area contributed by atoms with Crippen molar-refractivity contribution in [3.05, 3.63) is 29.8 Å². The Morgan fingerprint density at radius 1 is 1.12 bits per heavy atom. The number of rotatable bonds is 9. The predicted octanol–water partition coefficient (Wildman–Crippen LogP) is 2.31. The molecule has 1 aromatic rings. The molecular weight excluding hydrogens is 325 g/mol. The van der Waals surface area contributed by atoms with E-state index in [1.165, 1.54) is 7.11 Å². The van der Waals surface area contributed by atoms with Crippen LogP contribution in [-0.4, -0.2) is 64.6 Å². The second-order valence-electron chi connectivity index (χ2n) is 5.47. The Labute approximate surface area is 139 Å². The first-order chi connectivity index (χ1) is 11.2. The highest BCUT2D eigenvalue weighted by Crippen LogP contribution is 2.19. The number of ether oxygens (including phenoxy) is 2. The van der Waals surface area contributed by atoms with Crippen LogP contribution in [0.3, 0.4) is 0 Å². The average Bonchev–Trinajstić information content (AvgIpc) is 2.50. The highest BCUT2D eigenvalue weighted by Gasteiger charge is 2.33. The summed E-state index contributed by atoms with van der Waals surface area (Å²) >= 11 is 0. The second-order valence-corrected chi connectivity index (χ2v) is 5.47. The first kappa shape index (κ1) is 20.2. The van der Waals surface area contributed by atoms with Crippen LogP contribution in [-0.2, 0) is 20.8 Å². The summed E-state index contributed by atoms with van der Waals surface area (Å²) in [6.45, 7) is -1.41. The van der Waals surface area contributed by atoms with Crippen LogP contribution in [0.2, 0.25) is 0 Å². The number of methoxy groups -OCH3 is 1. The lowest BCUT2D eigenvalue weighted by Crippen LogP contribution is -2.40. The third kappa shape index (κ3) is 7.65. The zero-order chi connectivity index (χ0) is 18.2. The maximum absolute atomic E-state index is 12.7. The SMILES string of the molecule is COCCOCC(=O)N(Cc1ccc(N(C)C)cc1)CC(F)(F)F. The van der Waals surface area contributed by atoms with E-state index in [0.29, 0.717) is 5.56 Å². The van der Waals surface area contributed by atoms with Crippen LogP contribution in [0.25, 0.3) is 0 Å². The minimum absolute atomic E-state index is 0.125. The first-order valence-corrected chi connectivity index (χ1v) is 7.40. The van der Waals surface area contributed by atoms with Gasteiger partial charge in [-0.3, -0.25) is 4.79 Å². The van der Waals surface area contributed by atoms with E-state index >= 15 is 0 Å². The van der Waals surface area contributed by atoms with E-state index in [0.717, 1.165) is 10.6 Å². The van der Waals surface area contributed by atoms with E-state index in [9.17, 15) is 18.0 Å². The van der Waals surface area contributed by atoms with Crippen molar-refractivity contribution in [2.75, 3.05) is 52.5 Å². The third-order valence-electron chi connectivity index (χ3n) is 3.21. The van der Waals surface area contributed by atoms with Crippen LogP contribution in [0.15, 0.2) is 24.3 Å². The minimum atomic E-state index is -4.47. The third-order valence-corrected chi connectivity index (χ3v) is 3.21. The maximum atomic E-state index is 12.7. The summed E-state index contributed by atoms with van der Waals surface area (Å²) in [4.78, 5) is 14.6. The summed E-state index contributed by atoms with van der Waals surface area (Å²) in [5.74, 6) is -0.708. The average molecular weight is 348 g/mol. The highest BCUT2D eigenvalue weighted by molar-refractivity contribution is 5.77. The largest absolute Gasteiger partial charge is 0.406 e. The fourth-order valence-electron chi connectivity index (χ4n) is 1.96. The van der Waals surface area contributed by atoms with Gasteiger partial charge in [0.25, 0.3) is 0 Å². The Balaban J connectivity index is 2.72. The van der Waals surface area contributed by atoms with E-state index in [1.54, 1.807) is 24.3 Å². The molecule has 0 spiro atoms. The van der Waals surface area contributed by atoms with Crippen molar-refractivity contribution < 1.29 is 27.4 Å². The Morgan fingerprint density at radius 2 is 1.75 bits per heavy atom. The Kier molecular flexibility index (Phi) is 8.00. The van der Waals surface area contributed by atoms with Crippen LogP contribution in [0.4, 0.5) is 18.9 Å². The molecule has 0 N–H and O–H groups in total. The molecule has 0 saturated carbocycles. The van der Waals surface area contributed by atoms with Crippen LogP contribution >= 0.6 is 0 Å². The quantitative estimate of drug-likeness (QED) is 0.642. The molecule has 136 valence electrons. The summed E-state index contributed by atoms with van der Waals surface area (Å²) in [7, 11) is 5.20. The van der Waals surface area contributed by atoms with Crippen molar-refractivity contribution in [2.45, 2.75) is 12.7 Å². The number of amides is 1. The van der Waals surface area contributed by atoms with Crippen molar-refractivity contribution in [1.29, 1.82) is 0 Å². The fraction of sp³-hybridized carbons (Fsp3) is 0.562. The summed E-state index contributed by atoms with van der Waals surface area (Å²) in [5, 5.41) is 0. The van der Waals surface area contributed by atoms with Gasteiger partial charge in [-0.1, -0.05) is 12.1 Å². The summed E-state index contributed by atoms with van der Waals surface area (Å²) < 4.78 is 47.9. The van der Waals surface area contributed by atoms with Gasteiger partial charge in [-0.05, 0) is 17.7 Å². The molecule has 1 rings (SSSR count). The number of nitrogens with zero attached hydrogens (tertiary/aromatic N) is 2. The Morgan fingerprint density at radius 3 is 2.25 bits per heavy atom. The molecule has 1 amide bonds.